The summed E-state index contributed by atoms with van der Waals surface area (Å²) in [6.07, 6.45) is 1.13. The van der Waals surface area contributed by atoms with Gasteiger partial charge in [-0.05, 0) is 6.42 Å². The normalized spacial score (nSPS) is 12.7. The summed E-state index contributed by atoms with van der Waals surface area (Å²) in [6, 6.07) is 0. The second-order valence-corrected chi connectivity index (χ2v) is 1.85. The van der Waals surface area contributed by atoms with Crippen molar-refractivity contribution >= 4 is 0 Å². The molecule has 0 heterocycles. The van der Waals surface area contributed by atoms with Gasteiger partial charge in [-0.2, -0.15) is 0 Å². The van der Waals surface area contributed by atoms with Crippen LogP contribution in [-0.4, -0.2) is 6.54 Å². The van der Waals surface area contributed by atoms with Crippen LogP contribution < -0.4 is 0 Å². The topological polar surface area (TPSA) is 4.36 Å². The van der Waals surface area contributed by atoms with Gasteiger partial charge in [0.1, 0.15) is 0 Å². The summed E-state index contributed by atoms with van der Waals surface area (Å²) < 4.78 is 0. The molecule has 0 bridgehead atoms. The Bertz CT molecular complexity index is 70.7. The van der Waals surface area contributed by atoms with E-state index >= 15 is 0 Å². The van der Waals surface area contributed by atoms with Crippen LogP contribution in [0.1, 0.15) is 20.3 Å². The van der Waals surface area contributed by atoms with Crippen molar-refractivity contribution in [2.24, 2.45) is 5.92 Å². The van der Waals surface area contributed by atoms with Gasteiger partial charge in [-0.15, -0.1) is 0 Å². The Labute approximate surface area is 45.2 Å². The van der Waals surface area contributed by atoms with Crippen molar-refractivity contribution < 1.29 is 0 Å². The van der Waals surface area contributed by atoms with Crippen LogP contribution >= 0.6 is 0 Å². The summed E-state index contributed by atoms with van der Waals surface area (Å²) in [4.78, 5) is 3.26. The zero-order valence-corrected chi connectivity index (χ0v) is 4.94. The molecular formula is C6H11N. The lowest BCUT2D eigenvalue weighted by atomic mass is 10.1. The molecule has 7 heavy (non-hydrogen) atoms. The molecule has 0 saturated carbocycles. The molecule has 0 rings (SSSR count). The van der Waals surface area contributed by atoms with Crippen LogP contribution in [0.2, 0.25) is 0 Å². The quantitative estimate of drug-likeness (QED) is 0.464. The number of nitrogens with zero attached hydrogens (tertiary/aromatic N) is 1. The van der Waals surface area contributed by atoms with Crippen LogP contribution in [0.5, 0.6) is 0 Å². The molecule has 1 atom stereocenters. The molecule has 0 spiro atoms. The van der Waals surface area contributed by atoms with Crippen LogP contribution in [-0.2, 0) is 0 Å². The fraction of sp³-hybridized carbons (Fsp3) is 0.833. The van der Waals surface area contributed by atoms with Crippen molar-refractivity contribution in [2.45, 2.75) is 20.3 Å². The standard InChI is InChI=1S/C6H11N/c1-4-6(2)5-7-3/h6H,4-5H2,1-2H3/t6-/m0/s1. The Morgan fingerprint density at radius 2 is 2.29 bits per heavy atom. The molecule has 0 N–H and O–H groups in total. The molecule has 0 aliphatic carbocycles. The lowest BCUT2D eigenvalue weighted by Gasteiger charge is -1.93. The molecule has 0 fully saturated rings. The maximum absolute atomic E-state index is 6.46. The molecule has 0 aliphatic heterocycles. The van der Waals surface area contributed by atoms with E-state index in [-0.39, 0.29) is 0 Å². The van der Waals surface area contributed by atoms with Gasteiger partial charge in [-0.1, -0.05) is 13.8 Å². The van der Waals surface area contributed by atoms with E-state index in [1.165, 1.54) is 0 Å². The highest BCUT2D eigenvalue weighted by Crippen LogP contribution is 1.98. The van der Waals surface area contributed by atoms with Crippen LogP contribution in [0, 0.1) is 12.5 Å². The number of hydrogen-bond acceptors (Lipinski definition) is 0. The SMILES string of the molecule is [C-]#[N+]C[C@@H](C)CC. The van der Waals surface area contributed by atoms with Crippen molar-refractivity contribution in [1.29, 1.82) is 0 Å². The van der Waals surface area contributed by atoms with Gasteiger partial charge in [-0.3, -0.25) is 0 Å². The summed E-state index contributed by atoms with van der Waals surface area (Å²) in [5, 5.41) is 0. The number of hydrogen-bond donors (Lipinski definition) is 0. The predicted molar refractivity (Wildman–Crippen MR) is 30.9 cm³/mol. The fourth-order valence-electron chi connectivity index (χ4n) is 0.285. The Kier molecular flexibility index (Phi) is 3.40. The maximum Gasteiger partial charge on any atom is 0.217 e. The lowest BCUT2D eigenvalue weighted by Crippen LogP contribution is -1.92. The van der Waals surface area contributed by atoms with Crippen molar-refractivity contribution in [1.82, 2.24) is 0 Å². The summed E-state index contributed by atoms with van der Waals surface area (Å²) in [7, 11) is 0. The van der Waals surface area contributed by atoms with Gasteiger partial charge >= 0.3 is 0 Å². The van der Waals surface area contributed by atoms with Gasteiger partial charge in [0.05, 0.1) is 0 Å². The summed E-state index contributed by atoms with van der Waals surface area (Å²) in [6.45, 7) is 11.4. The van der Waals surface area contributed by atoms with Crippen molar-refractivity contribution in [3.05, 3.63) is 11.4 Å². The predicted octanol–water partition coefficient (Wildman–Crippen LogP) is 1.95. The first-order valence-corrected chi connectivity index (χ1v) is 2.64. The first-order chi connectivity index (χ1) is 3.31. The van der Waals surface area contributed by atoms with Crippen LogP contribution in [0.4, 0.5) is 0 Å². The van der Waals surface area contributed by atoms with Crippen LogP contribution in [0.15, 0.2) is 0 Å². The summed E-state index contributed by atoms with van der Waals surface area (Å²) in [5.41, 5.74) is 0. The zero-order chi connectivity index (χ0) is 5.70. The minimum Gasteiger partial charge on any atom is -0.317 e. The van der Waals surface area contributed by atoms with Gasteiger partial charge in [0.15, 0.2) is 0 Å². The van der Waals surface area contributed by atoms with Gasteiger partial charge in [0.25, 0.3) is 0 Å². The molecule has 0 unspecified atom stereocenters. The second-order valence-electron chi connectivity index (χ2n) is 1.85. The molecule has 0 radical (unpaired) electrons. The highest BCUT2D eigenvalue weighted by molar-refractivity contribution is 4.63. The molecule has 0 aromatic carbocycles. The fourth-order valence-corrected chi connectivity index (χ4v) is 0.285. The average molecular weight is 97.2 g/mol. The largest absolute Gasteiger partial charge is 0.317 e. The first-order valence-electron chi connectivity index (χ1n) is 2.64. The van der Waals surface area contributed by atoms with Gasteiger partial charge in [-0.25, -0.2) is 6.57 Å². The molecule has 0 aromatic rings. The van der Waals surface area contributed by atoms with Gasteiger partial charge < -0.3 is 4.85 Å². The van der Waals surface area contributed by atoms with E-state index < -0.39 is 0 Å². The molecule has 0 saturated heterocycles. The Morgan fingerprint density at radius 1 is 1.71 bits per heavy atom. The second kappa shape index (κ2) is 3.67. The molecule has 0 amide bonds. The van der Waals surface area contributed by atoms with Crippen molar-refractivity contribution in [2.75, 3.05) is 6.54 Å². The van der Waals surface area contributed by atoms with E-state index in [2.05, 4.69) is 18.7 Å². The first kappa shape index (κ1) is 6.49. The smallest absolute Gasteiger partial charge is 0.217 e. The Balaban J connectivity index is 3.03. The maximum atomic E-state index is 6.46. The third kappa shape index (κ3) is 3.32. The highest BCUT2D eigenvalue weighted by Gasteiger charge is 1.97. The zero-order valence-electron chi connectivity index (χ0n) is 4.94. The molecular weight excluding hydrogens is 86.1 g/mol. The van der Waals surface area contributed by atoms with E-state index in [1.807, 2.05) is 0 Å². The molecule has 0 aromatic heterocycles. The monoisotopic (exact) mass is 97.1 g/mol. The summed E-state index contributed by atoms with van der Waals surface area (Å²) >= 11 is 0. The van der Waals surface area contributed by atoms with E-state index in [1.54, 1.807) is 0 Å². The minimum atomic E-state index is 0.595. The average Bonchev–Trinajstić information content (AvgIpc) is 1.68. The third-order valence-electron chi connectivity index (χ3n) is 1.10. The highest BCUT2D eigenvalue weighted by atomic mass is 14.6. The third-order valence-corrected chi connectivity index (χ3v) is 1.10. The van der Waals surface area contributed by atoms with Gasteiger partial charge in [0.2, 0.25) is 6.54 Å². The minimum absolute atomic E-state index is 0.595. The summed E-state index contributed by atoms with van der Waals surface area (Å²) in [5.74, 6) is 0.595. The number of rotatable bonds is 2. The van der Waals surface area contributed by atoms with E-state index in [0.29, 0.717) is 12.5 Å². The molecule has 40 valence electrons. The van der Waals surface area contributed by atoms with Crippen molar-refractivity contribution in [3.63, 3.8) is 0 Å². The van der Waals surface area contributed by atoms with Crippen LogP contribution in [0.3, 0.4) is 0 Å². The molecule has 1 heteroatoms. The van der Waals surface area contributed by atoms with Crippen molar-refractivity contribution in [3.8, 4) is 0 Å². The lowest BCUT2D eigenvalue weighted by molar-refractivity contribution is 0.609. The molecule has 1 nitrogen and oxygen atoms in total. The van der Waals surface area contributed by atoms with E-state index in [9.17, 15) is 0 Å². The Morgan fingerprint density at radius 3 is 2.43 bits per heavy atom. The van der Waals surface area contributed by atoms with Crippen LogP contribution in [0.25, 0.3) is 4.85 Å². The Hall–Kier alpha value is -0.510. The molecule has 0 aliphatic rings. The van der Waals surface area contributed by atoms with E-state index in [0.717, 1.165) is 6.42 Å². The van der Waals surface area contributed by atoms with Gasteiger partial charge in [0, 0.05) is 5.92 Å². The van der Waals surface area contributed by atoms with E-state index in [4.69, 9.17) is 6.57 Å².